The second-order valence-electron chi connectivity index (χ2n) is 6.70. The summed E-state index contributed by atoms with van der Waals surface area (Å²) < 4.78 is 24.5. The summed E-state index contributed by atoms with van der Waals surface area (Å²) in [5.41, 5.74) is 14.2. The number of alkyl halides is 3. The van der Waals surface area contributed by atoms with Crippen molar-refractivity contribution in [2.24, 2.45) is 0 Å². The predicted molar refractivity (Wildman–Crippen MR) is 120 cm³/mol. The van der Waals surface area contributed by atoms with E-state index in [1.54, 1.807) is 18.5 Å². The van der Waals surface area contributed by atoms with E-state index in [9.17, 15) is 8.78 Å². The second-order valence-corrected chi connectivity index (χ2v) is 8.06. The van der Waals surface area contributed by atoms with Crippen LogP contribution in [0, 0.1) is 0 Å². The molecule has 30 heavy (non-hydrogen) atoms. The Labute approximate surface area is 183 Å². The van der Waals surface area contributed by atoms with Crippen molar-refractivity contribution in [1.82, 2.24) is 24.9 Å². The average Bonchev–Trinajstić information content (AvgIpc) is 3.12. The molecule has 0 saturated carbocycles. The number of nitrogens with two attached hydrogens (primary N) is 2. The number of aromatic nitrogens is 5. The fourth-order valence-electron chi connectivity index (χ4n) is 2.98. The molecule has 4 aromatic heterocycles. The van der Waals surface area contributed by atoms with Gasteiger partial charge in [-0.15, -0.1) is 0 Å². The SMILES string of the molecule is CC(Nc1ncc(N)c(-c2c[nH]c3ncc(C(F)(F)I)cc23)n1)c1ccc(N)nc1. The molecule has 8 nitrogen and oxygen atoms in total. The quantitative estimate of drug-likeness (QED) is 0.228. The van der Waals surface area contributed by atoms with E-state index < -0.39 is 3.93 Å². The van der Waals surface area contributed by atoms with E-state index in [-0.39, 0.29) is 11.6 Å². The number of aromatic amines is 1. The molecule has 0 aliphatic carbocycles. The number of nitrogens with one attached hydrogen (secondary N) is 2. The molecule has 0 saturated heterocycles. The summed E-state index contributed by atoms with van der Waals surface area (Å²) in [5, 5.41) is 3.68. The van der Waals surface area contributed by atoms with E-state index in [1.807, 2.05) is 13.0 Å². The van der Waals surface area contributed by atoms with E-state index >= 15 is 0 Å². The Bertz CT molecular complexity index is 1200. The van der Waals surface area contributed by atoms with E-state index in [0.29, 0.717) is 39.7 Å². The molecule has 154 valence electrons. The lowest BCUT2D eigenvalue weighted by atomic mass is 10.1. The van der Waals surface area contributed by atoms with Gasteiger partial charge in [0.2, 0.25) is 5.95 Å². The Morgan fingerprint density at radius 3 is 2.63 bits per heavy atom. The summed E-state index contributed by atoms with van der Waals surface area (Å²) in [4.78, 5) is 19.9. The Morgan fingerprint density at radius 1 is 1.13 bits per heavy atom. The van der Waals surface area contributed by atoms with Gasteiger partial charge in [-0.3, -0.25) is 0 Å². The molecule has 4 heterocycles. The van der Waals surface area contributed by atoms with Gasteiger partial charge in [-0.1, -0.05) is 6.07 Å². The third-order valence-corrected chi connectivity index (χ3v) is 5.21. The minimum Gasteiger partial charge on any atom is -0.396 e. The maximum Gasteiger partial charge on any atom is 0.323 e. The Kier molecular flexibility index (Phi) is 5.13. The minimum absolute atomic E-state index is 0.150. The number of hydrogen-bond acceptors (Lipinski definition) is 7. The summed E-state index contributed by atoms with van der Waals surface area (Å²) in [7, 11) is 0. The van der Waals surface area contributed by atoms with Crippen LogP contribution in [-0.2, 0) is 3.93 Å². The lowest BCUT2D eigenvalue weighted by Crippen LogP contribution is -2.11. The van der Waals surface area contributed by atoms with Gasteiger partial charge in [-0.2, -0.15) is 8.78 Å². The first-order valence-electron chi connectivity index (χ1n) is 8.87. The van der Waals surface area contributed by atoms with Gasteiger partial charge in [0.1, 0.15) is 17.2 Å². The maximum atomic E-state index is 13.8. The molecule has 6 N–H and O–H groups in total. The van der Waals surface area contributed by atoms with Gasteiger partial charge in [0.25, 0.3) is 0 Å². The number of nitrogen functional groups attached to an aromatic ring is 2. The second kappa shape index (κ2) is 7.63. The molecule has 11 heteroatoms. The standard InChI is InChI=1S/C19H17F2IN8/c1-9(10-2-3-15(24)25-5-10)29-18-28-8-14(23)16(30-18)13-7-27-17-12(13)4-11(6-26-17)19(20,21)22/h2-9H,23H2,1H3,(H2,24,25)(H,26,27)(H,28,29,30). The van der Waals surface area contributed by atoms with Crippen molar-refractivity contribution in [2.45, 2.75) is 16.9 Å². The number of hydrogen-bond donors (Lipinski definition) is 4. The Morgan fingerprint density at radius 2 is 1.93 bits per heavy atom. The molecule has 0 aliphatic rings. The number of fused-ring (bicyclic) bond motifs is 1. The zero-order valence-electron chi connectivity index (χ0n) is 15.7. The lowest BCUT2D eigenvalue weighted by Gasteiger charge is -2.15. The van der Waals surface area contributed by atoms with Gasteiger partial charge in [-0.25, -0.2) is 19.9 Å². The molecule has 0 spiro atoms. The molecule has 1 atom stereocenters. The number of anilines is 3. The molecule has 0 aliphatic heterocycles. The molecule has 4 aromatic rings. The van der Waals surface area contributed by atoms with Crippen LogP contribution in [0.2, 0.25) is 0 Å². The van der Waals surface area contributed by atoms with Gasteiger partial charge < -0.3 is 21.8 Å². The van der Waals surface area contributed by atoms with Crippen molar-refractivity contribution in [3.8, 4) is 11.3 Å². The summed E-state index contributed by atoms with van der Waals surface area (Å²) in [6.07, 6.45) is 5.93. The van der Waals surface area contributed by atoms with Gasteiger partial charge in [0.05, 0.1) is 23.5 Å². The van der Waals surface area contributed by atoms with E-state index in [1.165, 1.54) is 12.3 Å². The van der Waals surface area contributed by atoms with Crippen molar-refractivity contribution in [1.29, 1.82) is 0 Å². The number of pyridine rings is 2. The summed E-state index contributed by atoms with van der Waals surface area (Å²) in [6.45, 7) is 1.93. The third kappa shape index (κ3) is 3.97. The van der Waals surface area contributed by atoms with Crippen LogP contribution in [0.25, 0.3) is 22.3 Å². The fraction of sp³-hybridized carbons (Fsp3) is 0.158. The van der Waals surface area contributed by atoms with Crippen LogP contribution < -0.4 is 16.8 Å². The number of halogens is 3. The third-order valence-electron chi connectivity index (χ3n) is 4.59. The zero-order valence-corrected chi connectivity index (χ0v) is 17.9. The largest absolute Gasteiger partial charge is 0.396 e. The molecule has 1 unspecified atom stereocenters. The average molecular weight is 522 g/mol. The monoisotopic (exact) mass is 522 g/mol. The molecule has 0 fully saturated rings. The van der Waals surface area contributed by atoms with E-state index in [4.69, 9.17) is 11.5 Å². The molecule has 0 amide bonds. The van der Waals surface area contributed by atoms with Crippen molar-refractivity contribution in [3.63, 3.8) is 0 Å². The van der Waals surface area contributed by atoms with Gasteiger partial charge in [0, 0.05) is 52.1 Å². The summed E-state index contributed by atoms with van der Waals surface area (Å²) >= 11 is 1.08. The number of rotatable bonds is 5. The van der Waals surface area contributed by atoms with Crippen molar-refractivity contribution >= 4 is 51.1 Å². The first-order valence-corrected chi connectivity index (χ1v) is 9.95. The van der Waals surface area contributed by atoms with Crippen LogP contribution in [0.15, 0.2) is 43.0 Å². The zero-order chi connectivity index (χ0) is 21.5. The highest BCUT2D eigenvalue weighted by Crippen LogP contribution is 2.38. The molecule has 4 rings (SSSR count). The molecular weight excluding hydrogens is 505 g/mol. The van der Waals surface area contributed by atoms with Crippen molar-refractivity contribution in [3.05, 3.63) is 54.1 Å². The lowest BCUT2D eigenvalue weighted by molar-refractivity contribution is 0.127. The highest BCUT2D eigenvalue weighted by Gasteiger charge is 2.28. The highest BCUT2D eigenvalue weighted by atomic mass is 127. The summed E-state index contributed by atoms with van der Waals surface area (Å²) in [5.74, 6) is 0.766. The predicted octanol–water partition coefficient (Wildman–Crippen LogP) is 4.24. The Hall–Kier alpha value is -3.09. The smallest absolute Gasteiger partial charge is 0.323 e. The van der Waals surface area contributed by atoms with Gasteiger partial charge in [-0.05, 0) is 24.6 Å². The maximum absolute atomic E-state index is 13.8. The van der Waals surface area contributed by atoms with Crippen LogP contribution in [-0.4, -0.2) is 24.9 Å². The van der Waals surface area contributed by atoms with Gasteiger partial charge in [0.15, 0.2) is 0 Å². The normalized spacial score (nSPS) is 12.8. The molecule has 0 aromatic carbocycles. The first kappa shape index (κ1) is 20.2. The minimum atomic E-state index is -3.04. The van der Waals surface area contributed by atoms with Crippen LogP contribution in [0.1, 0.15) is 24.1 Å². The Balaban J connectivity index is 1.71. The van der Waals surface area contributed by atoms with Crippen molar-refractivity contribution in [2.75, 3.05) is 16.8 Å². The molecule has 0 bridgehead atoms. The van der Waals surface area contributed by atoms with Crippen molar-refractivity contribution < 1.29 is 8.78 Å². The summed E-state index contributed by atoms with van der Waals surface area (Å²) in [6, 6.07) is 4.80. The number of H-pyrrole nitrogens is 1. The van der Waals surface area contributed by atoms with Crippen LogP contribution >= 0.6 is 22.6 Å². The van der Waals surface area contributed by atoms with Crippen LogP contribution in [0.5, 0.6) is 0 Å². The first-order chi connectivity index (χ1) is 14.2. The molecular formula is C19H17F2IN8. The highest BCUT2D eigenvalue weighted by molar-refractivity contribution is 14.1. The van der Waals surface area contributed by atoms with Gasteiger partial charge >= 0.3 is 3.93 Å². The fourth-order valence-corrected chi connectivity index (χ4v) is 3.28. The van der Waals surface area contributed by atoms with E-state index in [0.717, 1.165) is 34.4 Å². The van der Waals surface area contributed by atoms with E-state index in [2.05, 4.69) is 30.2 Å². The number of nitrogens with zero attached hydrogens (tertiary/aromatic N) is 4. The van der Waals surface area contributed by atoms with Crippen LogP contribution in [0.4, 0.5) is 26.2 Å². The van der Waals surface area contributed by atoms with Crippen LogP contribution in [0.3, 0.4) is 0 Å². The topological polar surface area (TPSA) is 131 Å². The molecule has 0 radical (unpaired) electrons.